The second kappa shape index (κ2) is 6.52. The fourth-order valence-corrected chi connectivity index (χ4v) is 1.24. The summed E-state index contributed by atoms with van der Waals surface area (Å²) in [6, 6.07) is 3.36. The quantitative estimate of drug-likeness (QED) is 0.467. The Bertz CT molecular complexity index is 339. The van der Waals surface area contributed by atoms with Crippen LogP contribution < -0.4 is 14.2 Å². The van der Waals surface area contributed by atoms with Crippen molar-refractivity contribution in [1.29, 1.82) is 0 Å². The van der Waals surface area contributed by atoms with Gasteiger partial charge in [0.1, 0.15) is 0 Å². The van der Waals surface area contributed by atoms with E-state index in [-0.39, 0.29) is 5.48 Å². The Morgan fingerprint density at radius 3 is 1.88 bits per heavy atom. The van der Waals surface area contributed by atoms with Gasteiger partial charge in [0.2, 0.25) is 5.75 Å². The van der Waals surface area contributed by atoms with E-state index in [0.29, 0.717) is 22.8 Å². The normalized spacial score (nSPS) is 9.69. The minimum Gasteiger partial charge on any atom is -0.493 e. The predicted octanol–water partition coefficient (Wildman–Crippen LogP) is 0.696. The van der Waals surface area contributed by atoms with Gasteiger partial charge in [0.15, 0.2) is 11.5 Å². The third-order valence-electron chi connectivity index (χ3n) is 1.89. The molecular weight excluding hydrogens is 214 g/mol. The number of rotatable bonds is 4. The molecule has 6 nitrogen and oxygen atoms in total. The van der Waals surface area contributed by atoms with Crippen molar-refractivity contribution in [3.63, 3.8) is 0 Å². The molecule has 0 unspecified atom stereocenters. The van der Waals surface area contributed by atoms with E-state index in [1.54, 1.807) is 12.1 Å². The average molecular weight is 229 g/mol. The van der Waals surface area contributed by atoms with Gasteiger partial charge in [0.25, 0.3) is 0 Å². The first-order chi connectivity index (χ1) is 7.26. The molecule has 0 heterocycles. The molecule has 1 rings (SSSR count). The number of benzene rings is 1. The summed E-state index contributed by atoms with van der Waals surface area (Å²) >= 11 is 0. The zero-order chi connectivity index (χ0) is 11.3. The maximum absolute atomic E-state index is 8.43. The van der Waals surface area contributed by atoms with Crippen LogP contribution in [0.3, 0.4) is 0 Å². The largest absolute Gasteiger partial charge is 0.493 e. The summed E-state index contributed by atoms with van der Waals surface area (Å²) < 4.78 is 15.4. The maximum Gasteiger partial charge on any atom is 0.203 e. The summed E-state index contributed by atoms with van der Waals surface area (Å²) in [6.45, 7) is 0. The first kappa shape index (κ1) is 14.1. The average Bonchev–Trinajstić information content (AvgIpc) is 2.28. The SMILES string of the molecule is COc1cc(/C=N/O)cc(OC)c1OC.O. The zero-order valence-electron chi connectivity index (χ0n) is 9.35. The Morgan fingerprint density at radius 2 is 1.56 bits per heavy atom. The van der Waals surface area contributed by atoms with E-state index >= 15 is 0 Å². The molecule has 0 aliphatic heterocycles. The number of oxime groups is 1. The molecule has 3 N–H and O–H groups in total. The van der Waals surface area contributed by atoms with Crippen LogP contribution in [0.5, 0.6) is 17.2 Å². The Hall–Kier alpha value is -1.95. The van der Waals surface area contributed by atoms with Gasteiger partial charge in [0, 0.05) is 5.56 Å². The van der Waals surface area contributed by atoms with Crippen LogP contribution >= 0.6 is 0 Å². The first-order valence-electron chi connectivity index (χ1n) is 4.24. The lowest BCUT2D eigenvalue weighted by molar-refractivity contribution is 0.320. The third-order valence-corrected chi connectivity index (χ3v) is 1.89. The number of hydrogen-bond donors (Lipinski definition) is 1. The highest BCUT2D eigenvalue weighted by atomic mass is 16.5. The van der Waals surface area contributed by atoms with Crippen molar-refractivity contribution in [2.24, 2.45) is 5.16 Å². The van der Waals surface area contributed by atoms with Crippen LogP contribution in [0, 0.1) is 0 Å². The van der Waals surface area contributed by atoms with Crippen LogP contribution in [-0.4, -0.2) is 38.2 Å². The van der Waals surface area contributed by atoms with Crippen LogP contribution in [0.4, 0.5) is 0 Å². The Labute approximate surface area is 93.4 Å². The summed E-state index contributed by atoms with van der Waals surface area (Å²) in [4.78, 5) is 0. The molecule has 0 fully saturated rings. The Kier molecular flexibility index (Phi) is 5.72. The van der Waals surface area contributed by atoms with Gasteiger partial charge >= 0.3 is 0 Å². The molecule has 0 saturated heterocycles. The van der Waals surface area contributed by atoms with E-state index in [1.165, 1.54) is 27.5 Å². The lowest BCUT2D eigenvalue weighted by Gasteiger charge is -2.12. The van der Waals surface area contributed by atoms with Crippen molar-refractivity contribution in [3.8, 4) is 17.2 Å². The van der Waals surface area contributed by atoms with Gasteiger partial charge in [0.05, 0.1) is 27.5 Å². The van der Waals surface area contributed by atoms with Gasteiger partial charge < -0.3 is 24.9 Å². The highest BCUT2D eigenvalue weighted by Gasteiger charge is 2.12. The summed E-state index contributed by atoms with van der Waals surface area (Å²) in [6.07, 6.45) is 1.28. The molecule has 0 radical (unpaired) electrons. The molecule has 0 amide bonds. The zero-order valence-corrected chi connectivity index (χ0v) is 9.35. The van der Waals surface area contributed by atoms with E-state index < -0.39 is 0 Å². The number of ether oxygens (including phenoxy) is 3. The van der Waals surface area contributed by atoms with Crippen LogP contribution in [0.1, 0.15) is 5.56 Å². The Balaban J connectivity index is 0.00000225. The minimum absolute atomic E-state index is 0. The molecule has 90 valence electrons. The fraction of sp³-hybridized carbons (Fsp3) is 0.300. The van der Waals surface area contributed by atoms with Crippen molar-refractivity contribution in [3.05, 3.63) is 17.7 Å². The van der Waals surface area contributed by atoms with Crippen LogP contribution in [0.15, 0.2) is 17.3 Å². The van der Waals surface area contributed by atoms with Crippen molar-refractivity contribution in [1.82, 2.24) is 0 Å². The summed E-state index contributed by atoms with van der Waals surface area (Å²) in [5, 5.41) is 11.4. The third kappa shape index (κ3) is 2.77. The van der Waals surface area contributed by atoms with E-state index in [2.05, 4.69) is 5.16 Å². The number of nitrogens with zero attached hydrogens (tertiary/aromatic N) is 1. The molecule has 0 aliphatic rings. The standard InChI is InChI=1S/C10H13NO4.H2O/c1-13-8-4-7(6-11-12)5-9(14-2)10(8)15-3;/h4-6,12H,1-3H3;1H2/b11-6+;. The molecule has 6 heteroatoms. The smallest absolute Gasteiger partial charge is 0.203 e. The van der Waals surface area contributed by atoms with Gasteiger partial charge in [-0.2, -0.15) is 0 Å². The first-order valence-corrected chi connectivity index (χ1v) is 4.24. The summed E-state index contributed by atoms with van der Waals surface area (Å²) in [5.74, 6) is 1.55. The van der Waals surface area contributed by atoms with Gasteiger partial charge in [-0.1, -0.05) is 5.16 Å². The monoisotopic (exact) mass is 229 g/mol. The number of methoxy groups -OCH3 is 3. The highest BCUT2D eigenvalue weighted by molar-refractivity contribution is 5.82. The molecule has 0 spiro atoms. The Morgan fingerprint density at radius 1 is 1.06 bits per heavy atom. The van der Waals surface area contributed by atoms with Gasteiger partial charge in [-0.3, -0.25) is 0 Å². The summed E-state index contributed by atoms with van der Waals surface area (Å²) in [5.41, 5.74) is 0.659. The van der Waals surface area contributed by atoms with Crippen molar-refractivity contribution >= 4 is 6.21 Å². The van der Waals surface area contributed by atoms with Crippen molar-refractivity contribution < 1.29 is 24.9 Å². The maximum atomic E-state index is 8.43. The molecule has 0 aliphatic carbocycles. The topological polar surface area (TPSA) is 91.8 Å². The second-order valence-electron chi connectivity index (χ2n) is 2.70. The molecule has 1 aromatic rings. The van der Waals surface area contributed by atoms with Gasteiger partial charge in [-0.25, -0.2) is 0 Å². The molecule has 1 aromatic carbocycles. The van der Waals surface area contributed by atoms with E-state index in [1.807, 2.05) is 0 Å². The molecule has 0 aromatic heterocycles. The molecule has 0 atom stereocenters. The highest BCUT2D eigenvalue weighted by Crippen LogP contribution is 2.37. The van der Waals surface area contributed by atoms with Crippen LogP contribution in [-0.2, 0) is 0 Å². The lowest BCUT2D eigenvalue weighted by Crippen LogP contribution is -1.96. The molecule has 0 bridgehead atoms. The molecule has 0 saturated carbocycles. The molecule has 16 heavy (non-hydrogen) atoms. The fourth-order valence-electron chi connectivity index (χ4n) is 1.24. The van der Waals surface area contributed by atoms with Crippen molar-refractivity contribution in [2.45, 2.75) is 0 Å². The van der Waals surface area contributed by atoms with E-state index in [9.17, 15) is 0 Å². The van der Waals surface area contributed by atoms with Crippen LogP contribution in [0.2, 0.25) is 0 Å². The predicted molar refractivity (Wildman–Crippen MR) is 59.1 cm³/mol. The summed E-state index contributed by atoms with van der Waals surface area (Å²) in [7, 11) is 4.58. The van der Waals surface area contributed by atoms with E-state index in [0.717, 1.165) is 0 Å². The molecular formula is C10H15NO5. The second-order valence-corrected chi connectivity index (χ2v) is 2.70. The number of hydrogen-bond acceptors (Lipinski definition) is 5. The van der Waals surface area contributed by atoms with Gasteiger partial charge in [-0.15, -0.1) is 0 Å². The van der Waals surface area contributed by atoms with E-state index in [4.69, 9.17) is 19.4 Å². The van der Waals surface area contributed by atoms with Gasteiger partial charge in [-0.05, 0) is 12.1 Å². The van der Waals surface area contributed by atoms with Crippen molar-refractivity contribution in [2.75, 3.05) is 21.3 Å². The lowest BCUT2D eigenvalue weighted by atomic mass is 10.2. The van der Waals surface area contributed by atoms with Crippen LogP contribution in [0.25, 0.3) is 0 Å². The minimum atomic E-state index is 0.